The van der Waals surface area contributed by atoms with Gasteiger partial charge in [0.25, 0.3) is 0 Å². The van der Waals surface area contributed by atoms with Crippen LogP contribution in [0.3, 0.4) is 0 Å². The molecule has 7 heteroatoms. The minimum absolute atomic E-state index is 0.0151. The van der Waals surface area contributed by atoms with E-state index in [0.717, 1.165) is 38.5 Å². The molecule has 4 rings (SSSR count). The molecular formula is C30H51BrO6. The van der Waals surface area contributed by atoms with Crippen LogP contribution in [0, 0.1) is 0 Å². The molecule has 4 aliphatic rings. The fourth-order valence-corrected chi connectivity index (χ4v) is 7.16. The molecule has 0 unspecified atom stereocenters. The van der Waals surface area contributed by atoms with Gasteiger partial charge in [-0.2, -0.15) is 0 Å². The second-order valence-electron chi connectivity index (χ2n) is 14.2. The predicted molar refractivity (Wildman–Crippen MR) is 149 cm³/mol. The van der Waals surface area contributed by atoms with E-state index >= 15 is 0 Å². The monoisotopic (exact) mass is 586 g/mol. The first kappa shape index (κ1) is 30.0. The Morgan fingerprint density at radius 2 is 1.54 bits per heavy atom. The molecule has 2 N–H and O–H groups in total. The van der Waals surface area contributed by atoms with Gasteiger partial charge in [-0.1, -0.05) is 28.1 Å². The van der Waals surface area contributed by atoms with Gasteiger partial charge in [-0.25, -0.2) is 0 Å². The maximum absolute atomic E-state index is 11.7. The summed E-state index contributed by atoms with van der Waals surface area (Å²) < 4.78 is 26.6. The molecule has 0 amide bonds. The van der Waals surface area contributed by atoms with Crippen molar-refractivity contribution in [3.63, 3.8) is 0 Å². The topological polar surface area (TPSA) is 77.4 Å². The summed E-state index contributed by atoms with van der Waals surface area (Å²) in [4.78, 5) is 0.172. The zero-order valence-corrected chi connectivity index (χ0v) is 25.9. The fraction of sp³-hybridized carbons (Fsp3) is 0.933. The SMILES string of the molecule is CC1(C)C=CC[C@@]2(C)O[C@H]3CC[C@H]([C@](C)(O)CC[C@@H]4OC(C)(C)[C@H](Br)CC[C@]4(C)O)O[C@]3(C)CC[C@@H]2O1. The summed E-state index contributed by atoms with van der Waals surface area (Å²) in [5.74, 6) is 0. The van der Waals surface area contributed by atoms with Crippen LogP contribution in [0.5, 0.6) is 0 Å². The second kappa shape index (κ2) is 10.1. The van der Waals surface area contributed by atoms with Crippen LogP contribution in [0.1, 0.15) is 113 Å². The molecule has 4 heterocycles. The Kier molecular flexibility index (Phi) is 8.19. The van der Waals surface area contributed by atoms with Gasteiger partial charge in [0, 0.05) is 4.83 Å². The van der Waals surface area contributed by atoms with Crippen molar-refractivity contribution in [1.29, 1.82) is 0 Å². The lowest BCUT2D eigenvalue weighted by atomic mass is 9.79. The summed E-state index contributed by atoms with van der Waals surface area (Å²) in [5.41, 5.74) is -3.58. The third kappa shape index (κ3) is 6.34. The lowest BCUT2D eigenvalue weighted by Gasteiger charge is -2.49. The number of hydrogen-bond donors (Lipinski definition) is 2. The van der Waals surface area contributed by atoms with E-state index in [1.54, 1.807) is 0 Å². The first-order chi connectivity index (χ1) is 16.9. The molecule has 6 nitrogen and oxygen atoms in total. The molecule has 0 aromatic heterocycles. The zero-order chi connectivity index (χ0) is 27.5. The smallest absolute Gasteiger partial charge is 0.0954 e. The van der Waals surface area contributed by atoms with E-state index in [0.29, 0.717) is 19.3 Å². The van der Waals surface area contributed by atoms with Crippen molar-refractivity contribution >= 4 is 15.9 Å². The fourth-order valence-electron chi connectivity index (χ4n) is 6.83. The summed E-state index contributed by atoms with van der Waals surface area (Å²) in [6, 6.07) is 0. The van der Waals surface area contributed by atoms with Gasteiger partial charge in [0.15, 0.2) is 0 Å². The van der Waals surface area contributed by atoms with Crippen LogP contribution >= 0.6 is 15.9 Å². The number of hydrogen-bond acceptors (Lipinski definition) is 6. The minimum atomic E-state index is -1.04. The highest BCUT2D eigenvalue weighted by Gasteiger charge is 2.54. The van der Waals surface area contributed by atoms with Crippen LogP contribution in [0.25, 0.3) is 0 Å². The number of aliphatic hydroxyl groups is 2. The molecule has 0 aromatic carbocycles. The van der Waals surface area contributed by atoms with Crippen molar-refractivity contribution in [3.8, 4) is 0 Å². The van der Waals surface area contributed by atoms with Crippen molar-refractivity contribution in [3.05, 3.63) is 12.2 Å². The van der Waals surface area contributed by atoms with Gasteiger partial charge < -0.3 is 29.2 Å². The summed E-state index contributed by atoms with van der Waals surface area (Å²) in [5, 5.41) is 22.9. The van der Waals surface area contributed by atoms with Crippen molar-refractivity contribution < 1.29 is 29.2 Å². The summed E-state index contributed by atoms with van der Waals surface area (Å²) in [7, 11) is 0. The minimum Gasteiger partial charge on any atom is -0.387 e. The Bertz CT molecular complexity index is 853. The summed E-state index contributed by atoms with van der Waals surface area (Å²) >= 11 is 3.74. The molecule has 0 aromatic rings. The first-order valence-electron chi connectivity index (χ1n) is 14.4. The van der Waals surface area contributed by atoms with Gasteiger partial charge >= 0.3 is 0 Å². The lowest BCUT2D eigenvalue weighted by Crippen LogP contribution is -2.57. The third-order valence-electron chi connectivity index (χ3n) is 9.67. The highest BCUT2D eigenvalue weighted by atomic mass is 79.9. The van der Waals surface area contributed by atoms with Gasteiger partial charge in [0.1, 0.15) is 0 Å². The Labute approximate surface area is 233 Å². The zero-order valence-electron chi connectivity index (χ0n) is 24.3. The molecule has 37 heavy (non-hydrogen) atoms. The van der Waals surface area contributed by atoms with Crippen LogP contribution < -0.4 is 0 Å². The van der Waals surface area contributed by atoms with Crippen LogP contribution in [-0.2, 0) is 18.9 Å². The Morgan fingerprint density at radius 3 is 2.24 bits per heavy atom. The third-order valence-corrected chi connectivity index (χ3v) is 11.2. The van der Waals surface area contributed by atoms with E-state index in [1.165, 1.54) is 0 Å². The number of rotatable bonds is 4. The lowest BCUT2D eigenvalue weighted by molar-refractivity contribution is -0.261. The Hall–Kier alpha value is -0.0200. The molecule has 0 spiro atoms. The molecule has 0 aliphatic carbocycles. The molecule has 9 atom stereocenters. The van der Waals surface area contributed by atoms with Crippen molar-refractivity contribution in [2.24, 2.45) is 0 Å². The van der Waals surface area contributed by atoms with E-state index in [1.807, 2.05) is 13.8 Å². The first-order valence-corrected chi connectivity index (χ1v) is 15.3. The molecule has 4 aliphatic heterocycles. The maximum Gasteiger partial charge on any atom is 0.0954 e. The van der Waals surface area contributed by atoms with Crippen LogP contribution in [0.15, 0.2) is 12.2 Å². The van der Waals surface area contributed by atoms with Crippen LogP contribution in [0.4, 0.5) is 0 Å². The van der Waals surface area contributed by atoms with Gasteiger partial charge in [-0.05, 0) is 113 Å². The van der Waals surface area contributed by atoms with Gasteiger partial charge in [-0.15, -0.1) is 0 Å². The van der Waals surface area contributed by atoms with E-state index in [2.05, 4.69) is 69.6 Å². The Morgan fingerprint density at radius 1 is 0.865 bits per heavy atom. The summed E-state index contributed by atoms with van der Waals surface area (Å²) in [6.07, 6.45) is 10.2. The largest absolute Gasteiger partial charge is 0.387 e. The van der Waals surface area contributed by atoms with E-state index in [9.17, 15) is 10.2 Å². The molecular weight excluding hydrogens is 536 g/mol. The van der Waals surface area contributed by atoms with Crippen LogP contribution in [-0.4, -0.2) is 73.1 Å². The molecule has 0 bridgehead atoms. The summed E-state index contributed by atoms with van der Waals surface area (Å²) in [6.45, 7) is 16.4. The molecule has 0 radical (unpaired) electrons. The molecule has 3 fully saturated rings. The predicted octanol–water partition coefficient (Wildman–Crippen LogP) is 5.99. The standard InChI is InChI=1S/C30H51BrO6/c1-25(2)15-9-16-29(7)24(34-25)14-19-30(8)23(37-29)11-10-21(36-30)28(6,33)18-13-22-27(5,32)17-12-20(31)26(3,4)35-22/h9,15,20-24,32-33H,10-14,16-19H2,1-8H3/t20-,21-,22+,23+,24+,27+,28-,29-,30-/m1/s1. The maximum atomic E-state index is 11.7. The van der Waals surface area contributed by atoms with E-state index in [-0.39, 0.29) is 34.8 Å². The highest BCUT2D eigenvalue weighted by molar-refractivity contribution is 9.09. The average Bonchev–Trinajstić information content (AvgIpc) is 3.00. The molecule has 0 saturated carbocycles. The quantitative estimate of drug-likeness (QED) is 0.311. The Balaban J connectivity index is 1.44. The van der Waals surface area contributed by atoms with E-state index in [4.69, 9.17) is 18.9 Å². The molecule has 214 valence electrons. The van der Waals surface area contributed by atoms with Gasteiger partial charge in [-0.3, -0.25) is 0 Å². The molecule has 3 saturated heterocycles. The number of halogens is 1. The van der Waals surface area contributed by atoms with Crippen molar-refractivity contribution in [1.82, 2.24) is 0 Å². The number of ether oxygens (including phenoxy) is 4. The second-order valence-corrected chi connectivity index (χ2v) is 15.3. The van der Waals surface area contributed by atoms with Crippen molar-refractivity contribution in [2.75, 3.05) is 0 Å². The van der Waals surface area contributed by atoms with Gasteiger partial charge in [0.2, 0.25) is 0 Å². The van der Waals surface area contributed by atoms with Gasteiger partial charge in [0.05, 0.1) is 58.0 Å². The van der Waals surface area contributed by atoms with E-state index < -0.39 is 28.0 Å². The normalized spacial score (nSPS) is 47.5. The number of alkyl halides is 1. The highest BCUT2D eigenvalue weighted by Crippen LogP contribution is 2.47. The average molecular weight is 588 g/mol. The van der Waals surface area contributed by atoms with Crippen molar-refractivity contribution in [2.45, 2.75) is 176 Å². The number of fused-ring (bicyclic) bond motifs is 2. The van der Waals surface area contributed by atoms with Crippen LogP contribution in [0.2, 0.25) is 0 Å².